The molecular weight excluding hydrogens is 428 g/mol. The van der Waals surface area contributed by atoms with Gasteiger partial charge in [0.2, 0.25) is 0 Å². The number of hydrogen-bond acceptors (Lipinski definition) is 4. The molecule has 0 aromatic heterocycles. The van der Waals surface area contributed by atoms with Gasteiger partial charge in [0.15, 0.2) is 0 Å². The van der Waals surface area contributed by atoms with E-state index in [1.807, 2.05) is 6.92 Å². The molecular formula is C29H58O5. The van der Waals surface area contributed by atoms with Crippen molar-refractivity contribution in [2.24, 2.45) is 11.8 Å². The van der Waals surface area contributed by atoms with E-state index in [4.69, 9.17) is 0 Å². The fourth-order valence-corrected chi connectivity index (χ4v) is 5.32. The van der Waals surface area contributed by atoms with Crippen LogP contribution in [0.15, 0.2) is 0 Å². The topological polar surface area (TPSA) is 98.0 Å². The zero-order valence-corrected chi connectivity index (χ0v) is 22.8. The summed E-state index contributed by atoms with van der Waals surface area (Å²) < 4.78 is 0. The van der Waals surface area contributed by atoms with E-state index in [0.717, 1.165) is 38.5 Å². The van der Waals surface area contributed by atoms with Gasteiger partial charge in [-0.1, -0.05) is 124 Å². The smallest absolute Gasteiger partial charge is 0.303 e. The van der Waals surface area contributed by atoms with E-state index in [9.17, 15) is 25.2 Å². The average molecular weight is 487 g/mol. The Hall–Kier alpha value is -0.650. The normalized spacial score (nSPS) is 16.2. The predicted octanol–water partition coefficient (Wildman–Crippen LogP) is 7.25. The fraction of sp³-hybridized carbons (Fsp3) is 0.966. The summed E-state index contributed by atoms with van der Waals surface area (Å²) in [5.41, 5.74) is -1.44. The molecule has 0 amide bonds. The molecule has 0 aliphatic rings. The summed E-state index contributed by atoms with van der Waals surface area (Å²) in [6.45, 7) is 5.88. The molecule has 0 fully saturated rings. The van der Waals surface area contributed by atoms with Gasteiger partial charge in [-0.05, 0) is 31.1 Å². The van der Waals surface area contributed by atoms with E-state index in [1.165, 1.54) is 70.6 Å². The van der Waals surface area contributed by atoms with E-state index in [-0.39, 0.29) is 24.7 Å². The molecule has 0 aliphatic carbocycles. The van der Waals surface area contributed by atoms with Crippen molar-refractivity contribution < 1.29 is 25.2 Å². The van der Waals surface area contributed by atoms with Crippen LogP contribution in [-0.2, 0) is 4.79 Å². The number of rotatable bonds is 25. The number of aliphatic hydroxyl groups is 3. The van der Waals surface area contributed by atoms with Crippen molar-refractivity contribution in [3.05, 3.63) is 0 Å². The first-order valence-electron chi connectivity index (χ1n) is 14.6. The van der Waals surface area contributed by atoms with Crippen LogP contribution in [0.3, 0.4) is 0 Å². The first-order valence-corrected chi connectivity index (χ1v) is 14.6. The van der Waals surface area contributed by atoms with E-state index in [1.54, 1.807) is 0 Å². The number of aliphatic hydroxyl groups excluding tert-OH is 2. The van der Waals surface area contributed by atoms with Crippen molar-refractivity contribution >= 4 is 5.97 Å². The molecule has 0 aliphatic heterocycles. The molecule has 5 nitrogen and oxygen atoms in total. The van der Waals surface area contributed by atoms with Crippen molar-refractivity contribution in [3.8, 4) is 0 Å². The molecule has 34 heavy (non-hydrogen) atoms. The quantitative estimate of drug-likeness (QED) is 0.102. The van der Waals surface area contributed by atoms with Crippen LogP contribution in [0, 0.1) is 11.8 Å². The maximum Gasteiger partial charge on any atom is 0.303 e. The highest BCUT2D eigenvalue weighted by atomic mass is 16.4. The van der Waals surface area contributed by atoms with Gasteiger partial charge in [-0.25, -0.2) is 0 Å². The van der Waals surface area contributed by atoms with Crippen LogP contribution in [0.4, 0.5) is 0 Å². The first kappa shape index (κ1) is 33.4. The van der Waals surface area contributed by atoms with Crippen LogP contribution in [0.1, 0.15) is 149 Å². The molecule has 204 valence electrons. The molecule has 0 aromatic carbocycles. The van der Waals surface area contributed by atoms with Crippen LogP contribution in [0.2, 0.25) is 0 Å². The molecule has 4 atom stereocenters. The summed E-state index contributed by atoms with van der Waals surface area (Å²) in [5.74, 6) is -1.20. The zero-order chi connectivity index (χ0) is 25.7. The molecule has 4 N–H and O–H groups in total. The SMILES string of the molecule is CCCCCCCCCCCC(CCCCCCCC)C(O)(CC(CC)CC(=O)O)C(O)CO. The van der Waals surface area contributed by atoms with Crippen LogP contribution >= 0.6 is 0 Å². The number of carbonyl (C=O) groups is 1. The Morgan fingerprint density at radius 1 is 0.735 bits per heavy atom. The minimum absolute atomic E-state index is 0.0152. The van der Waals surface area contributed by atoms with Gasteiger partial charge < -0.3 is 20.4 Å². The summed E-state index contributed by atoms with van der Waals surface area (Å²) in [6.07, 6.45) is 19.4. The molecule has 0 bridgehead atoms. The standard InChI is InChI=1S/C29H58O5/c1-4-7-9-11-13-14-15-17-19-21-26(20-18-16-12-10-8-5-2)29(34,27(31)24-30)23-25(6-3)22-28(32)33/h25-27,30-31,34H,4-24H2,1-3H3,(H,32,33). The summed E-state index contributed by atoms with van der Waals surface area (Å²) in [4.78, 5) is 11.3. The van der Waals surface area contributed by atoms with Gasteiger partial charge in [0.1, 0.15) is 6.10 Å². The third kappa shape index (κ3) is 15.4. The Labute approximate surface area is 210 Å². The number of carboxylic acid groups (broad SMARTS) is 1. The molecule has 0 saturated carbocycles. The van der Waals surface area contributed by atoms with Crippen molar-refractivity contribution in [1.82, 2.24) is 0 Å². The second-order valence-electron chi connectivity index (χ2n) is 10.6. The lowest BCUT2D eigenvalue weighted by Crippen LogP contribution is -2.52. The van der Waals surface area contributed by atoms with Gasteiger partial charge in [0, 0.05) is 6.42 Å². The Morgan fingerprint density at radius 2 is 1.15 bits per heavy atom. The zero-order valence-electron chi connectivity index (χ0n) is 22.8. The van der Waals surface area contributed by atoms with Crippen molar-refractivity contribution in [2.45, 2.75) is 161 Å². The maximum absolute atomic E-state index is 11.7. The van der Waals surface area contributed by atoms with Gasteiger partial charge in [-0.15, -0.1) is 0 Å². The van der Waals surface area contributed by atoms with Gasteiger partial charge in [-0.2, -0.15) is 0 Å². The largest absolute Gasteiger partial charge is 0.481 e. The van der Waals surface area contributed by atoms with E-state index in [2.05, 4.69) is 13.8 Å². The molecule has 0 heterocycles. The van der Waals surface area contributed by atoms with Gasteiger partial charge in [-0.3, -0.25) is 4.79 Å². The lowest BCUT2D eigenvalue weighted by Gasteiger charge is -2.42. The van der Waals surface area contributed by atoms with Crippen molar-refractivity contribution in [2.75, 3.05) is 6.61 Å². The van der Waals surface area contributed by atoms with Crippen LogP contribution in [0.25, 0.3) is 0 Å². The second-order valence-corrected chi connectivity index (χ2v) is 10.6. The summed E-state index contributed by atoms with van der Waals surface area (Å²) in [6, 6.07) is 0. The monoisotopic (exact) mass is 486 g/mol. The molecule has 0 saturated heterocycles. The van der Waals surface area contributed by atoms with Gasteiger partial charge in [0.05, 0.1) is 12.2 Å². The fourth-order valence-electron chi connectivity index (χ4n) is 5.32. The molecule has 0 spiro atoms. The summed E-state index contributed by atoms with van der Waals surface area (Å²) in [5, 5.41) is 41.5. The molecule has 0 rings (SSSR count). The van der Waals surface area contributed by atoms with Crippen molar-refractivity contribution in [1.29, 1.82) is 0 Å². The molecule has 0 aromatic rings. The lowest BCUT2D eigenvalue weighted by molar-refractivity contribution is -0.151. The Morgan fingerprint density at radius 3 is 1.50 bits per heavy atom. The highest BCUT2D eigenvalue weighted by Crippen LogP contribution is 2.38. The average Bonchev–Trinajstić information content (AvgIpc) is 2.82. The van der Waals surface area contributed by atoms with Crippen LogP contribution in [0.5, 0.6) is 0 Å². The molecule has 0 radical (unpaired) electrons. The third-order valence-electron chi connectivity index (χ3n) is 7.68. The number of hydrogen-bond donors (Lipinski definition) is 4. The Balaban J connectivity index is 5.02. The Bertz CT molecular complexity index is 469. The van der Waals surface area contributed by atoms with Crippen LogP contribution in [-0.4, -0.2) is 44.7 Å². The first-order chi connectivity index (χ1) is 16.3. The minimum Gasteiger partial charge on any atom is -0.481 e. The number of aliphatic carboxylic acids is 1. The summed E-state index contributed by atoms with van der Waals surface area (Å²) >= 11 is 0. The van der Waals surface area contributed by atoms with E-state index >= 15 is 0 Å². The van der Waals surface area contributed by atoms with E-state index < -0.39 is 24.3 Å². The predicted molar refractivity (Wildman–Crippen MR) is 142 cm³/mol. The summed E-state index contributed by atoms with van der Waals surface area (Å²) in [7, 11) is 0. The van der Waals surface area contributed by atoms with Crippen molar-refractivity contribution in [3.63, 3.8) is 0 Å². The Kier molecular flexibility index (Phi) is 21.2. The van der Waals surface area contributed by atoms with Gasteiger partial charge in [0.25, 0.3) is 0 Å². The van der Waals surface area contributed by atoms with E-state index in [0.29, 0.717) is 6.42 Å². The maximum atomic E-state index is 11.7. The second kappa shape index (κ2) is 21.6. The highest BCUT2D eigenvalue weighted by Gasteiger charge is 2.43. The molecule has 4 unspecified atom stereocenters. The van der Waals surface area contributed by atoms with Crippen LogP contribution < -0.4 is 0 Å². The molecule has 5 heteroatoms. The minimum atomic E-state index is -1.44. The third-order valence-corrected chi connectivity index (χ3v) is 7.68. The number of unbranched alkanes of at least 4 members (excludes halogenated alkanes) is 13. The lowest BCUT2D eigenvalue weighted by atomic mass is 9.71. The number of carboxylic acids is 1. The highest BCUT2D eigenvalue weighted by molar-refractivity contribution is 5.67. The van der Waals surface area contributed by atoms with Gasteiger partial charge >= 0.3 is 5.97 Å².